The molecule has 142 valence electrons. The van der Waals surface area contributed by atoms with E-state index >= 15 is 0 Å². The lowest BCUT2D eigenvalue weighted by atomic mass is 9.80. The summed E-state index contributed by atoms with van der Waals surface area (Å²) in [4.78, 5) is 18.7. The Kier molecular flexibility index (Phi) is 4.50. The number of aromatic nitrogens is 1. The lowest BCUT2D eigenvalue weighted by molar-refractivity contribution is -0.117. The number of nitrogens with zero attached hydrogens (tertiary/aromatic N) is 2. The van der Waals surface area contributed by atoms with Crippen LogP contribution in [0.4, 0.5) is 15.9 Å². The summed E-state index contributed by atoms with van der Waals surface area (Å²) >= 11 is 0. The molecule has 2 aliphatic rings. The molecule has 1 aliphatic heterocycles. The minimum absolute atomic E-state index is 0.00423. The van der Waals surface area contributed by atoms with E-state index in [0.29, 0.717) is 17.5 Å². The van der Waals surface area contributed by atoms with Crippen LogP contribution in [0.1, 0.15) is 38.3 Å². The van der Waals surface area contributed by atoms with Crippen LogP contribution in [0.2, 0.25) is 0 Å². The molecule has 3 atom stereocenters. The number of halogens is 1. The van der Waals surface area contributed by atoms with Crippen LogP contribution in [0, 0.1) is 17.7 Å². The summed E-state index contributed by atoms with van der Waals surface area (Å²) in [7, 11) is 1.61. The van der Waals surface area contributed by atoms with E-state index in [1.165, 1.54) is 12.1 Å². The molecule has 1 saturated carbocycles. The molecule has 0 spiro atoms. The summed E-state index contributed by atoms with van der Waals surface area (Å²) in [5.74, 6) is 1.68. The molecule has 3 unspecified atom stereocenters. The number of hydrogen-bond acceptors (Lipinski definition) is 4. The Hall–Kier alpha value is -2.63. The first kappa shape index (κ1) is 17.8. The third-order valence-electron chi connectivity index (χ3n) is 5.66. The maximum atomic E-state index is 14.1. The number of pyridine rings is 1. The van der Waals surface area contributed by atoms with Gasteiger partial charge in [-0.3, -0.25) is 4.79 Å². The van der Waals surface area contributed by atoms with E-state index < -0.39 is 0 Å². The van der Waals surface area contributed by atoms with E-state index in [-0.39, 0.29) is 29.7 Å². The molecule has 2 aromatic rings. The fourth-order valence-corrected chi connectivity index (χ4v) is 4.31. The molecular weight excluding hydrogens is 345 g/mol. The van der Waals surface area contributed by atoms with Crippen molar-refractivity contribution in [2.45, 2.75) is 38.8 Å². The van der Waals surface area contributed by atoms with E-state index in [9.17, 15) is 9.18 Å². The molecule has 1 amide bonds. The van der Waals surface area contributed by atoms with Crippen LogP contribution >= 0.6 is 0 Å². The van der Waals surface area contributed by atoms with E-state index in [2.05, 4.69) is 17.2 Å². The SMILES string of the molecule is COc1ccnc(NC2c3cc(F)ccc3N(C(C)=O)C(C3CC3)C2C)c1. The van der Waals surface area contributed by atoms with Crippen molar-refractivity contribution in [3.63, 3.8) is 0 Å². The largest absolute Gasteiger partial charge is 0.497 e. The number of rotatable bonds is 4. The Balaban J connectivity index is 1.78. The normalized spacial score (nSPS) is 24.3. The molecule has 1 fully saturated rings. The van der Waals surface area contributed by atoms with Gasteiger partial charge in [-0.2, -0.15) is 0 Å². The zero-order chi connectivity index (χ0) is 19.1. The Morgan fingerprint density at radius 2 is 2.07 bits per heavy atom. The maximum Gasteiger partial charge on any atom is 0.224 e. The van der Waals surface area contributed by atoms with Gasteiger partial charge in [0.25, 0.3) is 0 Å². The fraction of sp³-hybridized carbons (Fsp3) is 0.429. The van der Waals surface area contributed by atoms with E-state index in [4.69, 9.17) is 4.74 Å². The summed E-state index contributed by atoms with van der Waals surface area (Å²) in [6.07, 6.45) is 3.93. The Morgan fingerprint density at radius 1 is 1.30 bits per heavy atom. The number of anilines is 2. The third kappa shape index (κ3) is 3.24. The van der Waals surface area contributed by atoms with Gasteiger partial charge in [0.2, 0.25) is 5.91 Å². The minimum Gasteiger partial charge on any atom is -0.497 e. The first-order valence-electron chi connectivity index (χ1n) is 9.35. The van der Waals surface area contributed by atoms with Crippen LogP contribution in [0.3, 0.4) is 0 Å². The van der Waals surface area contributed by atoms with Crippen LogP contribution in [-0.2, 0) is 4.79 Å². The molecule has 4 rings (SSSR count). The highest BCUT2D eigenvalue weighted by Crippen LogP contribution is 2.50. The second-order valence-corrected chi connectivity index (χ2v) is 7.48. The summed E-state index contributed by atoms with van der Waals surface area (Å²) in [6, 6.07) is 8.25. The lowest BCUT2D eigenvalue weighted by Gasteiger charge is -2.45. The third-order valence-corrected chi connectivity index (χ3v) is 5.66. The van der Waals surface area contributed by atoms with Crippen molar-refractivity contribution in [1.82, 2.24) is 4.98 Å². The van der Waals surface area contributed by atoms with Gasteiger partial charge in [-0.15, -0.1) is 0 Å². The van der Waals surface area contributed by atoms with Gasteiger partial charge in [-0.1, -0.05) is 6.92 Å². The molecule has 0 radical (unpaired) electrons. The smallest absolute Gasteiger partial charge is 0.224 e. The monoisotopic (exact) mass is 369 g/mol. The van der Waals surface area contributed by atoms with Crippen LogP contribution in [-0.4, -0.2) is 24.0 Å². The van der Waals surface area contributed by atoms with Crippen molar-refractivity contribution in [3.05, 3.63) is 47.9 Å². The maximum absolute atomic E-state index is 14.1. The number of hydrogen-bond donors (Lipinski definition) is 1. The highest BCUT2D eigenvalue weighted by Gasteiger charge is 2.47. The van der Waals surface area contributed by atoms with Gasteiger partial charge < -0.3 is 15.0 Å². The zero-order valence-corrected chi connectivity index (χ0v) is 15.8. The molecule has 2 heterocycles. The summed E-state index contributed by atoms with van der Waals surface area (Å²) in [6.45, 7) is 3.72. The lowest BCUT2D eigenvalue weighted by Crippen LogP contribution is -2.51. The minimum atomic E-state index is -0.306. The molecule has 6 heteroatoms. The van der Waals surface area contributed by atoms with Crippen molar-refractivity contribution in [3.8, 4) is 5.75 Å². The standard InChI is InChI=1S/C21H24FN3O2/c1-12-20(24-19-11-16(27-3)8-9-23-19)17-10-15(22)6-7-18(17)25(13(2)26)21(12)14-4-5-14/h6-12,14,20-21H,4-5H2,1-3H3,(H,23,24). The van der Waals surface area contributed by atoms with Gasteiger partial charge in [-0.25, -0.2) is 9.37 Å². The van der Waals surface area contributed by atoms with Crippen molar-refractivity contribution in [2.75, 3.05) is 17.3 Å². The summed E-state index contributed by atoms with van der Waals surface area (Å²) in [5.41, 5.74) is 1.58. The second kappa shape index (κ2) is 6.83. The number of nitrogens with one attached hydrogen (secondary N) is 1. The van der Waals surface area contributed by atoms with Gasteiger partial charge in [-0.05, 0) is 43.0 Å². The molecule has 1 aromatic carbocycles. The quantitative estimate of drug-likeness (QED) is 0.879. The fourth-order valence-electron chi connectivity index (χ4n) is 4.31. The van der Waals surface area contributed by atoms with Gasteiger partial charge in [0.1, 0.15) is 17.4 Å². The second-order valence-electron chi connectivity index (χ2n) is 7.48. The first-order chi connectivity index (χ1) is 13.0. The molecule has 0 saturated heterocycles. The average Bonchev–Trinajstić information content (AvgIpc) is 3.48. The molecule has 5 nitrogen and oxygen atoms in total. The number of fused-ring (bicyclic) bond motifs is 1. The molecule has 1 aromatic heterocycles. The van der Waals surface area contributed by atoms with Gasteiger partial charge >= 0.3 is 0 Å². The molecule has 1 N–H and O–H groups in total. The first-order valence-corrected chi connectivity index (χ1v) is 9.35. The Bertz CT molecular complexity index is 868. The predicted molar refractivity (Wildman–Crippen MR) is 102 cm³/mol. The van der Waals surface area contributed by atoms with Crippen LogP contribution in [0.25, 0.3) is 0 Å². The van der Waals surface area contributed by atoms with Gasteiger partial charge in [0.15, 0.2) is 0 Å². The molecular formula is C21H24FN3O2. The van der Waals surface area contributed by atoms with Crippen molar-refractivity contribution < 1.29 is 13.9 Å². The number of methoxy groups -OCH3 is 1. The topological polar surface area (TPSA) is 54.5 Å². The number of carbonyl (C=O) groups excluding carboxylic acids is 1. The number of carbonyl (C=O) groups is 1. The highest BCUT2D eigenvalue weighted by molar-refractivity contribution is 5.94. The Labute approximate surface area is 158 Å². The highest BCUT2D eigenvalue weighted by atomic mass is 19.1. The molecule has 0 bridgehead atoms. The number of ether oxygens (including phenoxy) is 1. The van der Waals surface area contributed by atoms with Crippen LogP contribution < -0.4 is 15.0 Å². The number of benzene rings is 1. The summed E-state index contributed by atoms with van der Waals surface area (Å²) < 4.78 is 19.4. The average molecular weight is 369 g/mol. The van der Waals surface area contributed by atoms with Crippen molar-refractivity contribution >= 4 is 17.4 Å². The zero-order valence-electron chi connectivity index (χ0n) is 15.8. The van der Waals surface area contributed by atoms with E-state index in [1.807, 2.05) is 11.0 Å². The Morgan fingerprint density at radius 3 is 2.74 bits per heavy atom. The number of amides is 1. The van der Waals surface area contributed by atoms with Crippen LogP contribution in [0.15, 0.2) is 36.5 Å². The van der Waals surface area contributed by atoms with Crippen molar-refractivity contribution in [1.29, 1.82) is 0 Å². The predicted octanol–water partition coefficient (Wildman–Crippen LogP) is 4.16. The molecule has 1 aliphatic carbocycles. The van der Waals surface area contributed by atoms with Gasteiger partial charge in [0.05, 0.1) is 13.2 Å². The van der Waals surface area contributed by atoms with E-state index in [1.54, 1.807) is 32.4 Å². The van der Waals surface area contributed by atoms with Gasteiger partial charge in [0, 0.05) is 42.4 Å². The van der Waals surface area contributed by atoms with Crippen molar-refractivity contribution in [2.24, 2.45) is 11.8 Å². The summed E-state index contributed by atoms with van der Waals surface area (Å²) in [5, 5.41) is 3.47. The molecule has 27 heavy (non-hydrogen) atoms. The van der Waals surface area contributed by atoms with E-state index in [0.717, 1.165) is 24.1 Å². The van der Waals surface area contributed by atoms with Crippen LogP contribution in [0.5, 0.6) is 5.75 Å².